The van der Waals surface area contributed by atoms with Crippen LogP contribution in [0.5, 0.6) is 0 Å². The van der Waals surface area contributed by atoms with Crippen molar-refractivity contribution >= 4 is 23.1 Å². The fourth-order valence-electron chi connectivity index (χ4n) is 3.06. The summed E-state index contributed by atoms with van der Waals surface area (Å²) in [6.45, 7) is 0.684. The van der Waals surface area contributed by atoms with E-state index in [-0.39, 0.29) is 0 Å². The van der Waals surface area contributed by atoms with Crippen molar-refractivity contribution in [3.63, 3.8) is 0 Å². The quantitative estimate of drug-likeness (QED) is 0.411. The Morgan fingerprint density at radius 2 is 1.74 bits per heavy atom. The van der Waals surface area contributed by atoms with E-state index in [0.29, 0.717) is 17.9 Å². The number of thioether (sulfide) groups is 1. The Morgan fingerprint density at radius 1 is 1.00 bits per heavy atom. The molecular weight excluding hydrogens is 354 g/mol. The molecule has 4 nitrogen and oxygen atoms in total. The van der Waals surface area contributed by atoms with Crippen LogP contribution in [0.1, 0.15) is 48.8 Å². The van der Waals surface area contributed by atoms with Gasteiger partial charge in [0.15, 0.2) is 5.17 Å². The van der Waals surface area contributed by atoms with Gasteiger partial charge in [-0.1, -0.05) is 85.6 Å². The Balaban J connectivity index is 1.42. The molecule has 0 amide bonds. The molecule has 0 aromatic heterocycles. The molecule has 0 bridgehead atoms. The highest BCUT2D eigenvalue weighted by molar-refractivity contribution is 8.13. The molecule has 1 aliphatic rings. The molecule has 2 N–H and O–H groups in total. The van der Waals surface area contributed by atoms with Gasteiger partial charge in [0.1, 0.15) is 0 Å². The third kappa shape index (κ3) is 7.19. The second-order valence-corrected chi connectivity index (χ2v) is 7.77. The lowest BCUT2D eigenvalue weighted by Crippen LogP contribution is -2.16. The number of hydrogen-bond donors (Lipinski definition) is 1. The van der Waals surface area contributed by atoms with Crippen molar-refractivity contribution in [2.75, 3.05) is 0 Å². The molecule has 27 heavy (non-hydrogen) atoms. The molecule has 1 fully saturated rings. The van der Waals surface area contributed by atoms with Gasteiger partial charge in [-0.2, -0.15) is 5.10 Å². The molecule has 142 valence electrons. The van der Waals surface area contributed by atoms with Gasteiger partial charge in [-0.05, 0) is 29.5 Å². The summed E-state index contributed by atoms with van der Waals surface area (Å²) in [6, 6.07) is 18.4. The molecule has 2 aromatic rings. The second kappa shape index (κ2) is 10.9. The van der Waals surface area contributed by atoms with Gasteiger partial charge >= 0.3 is 0 Å². The summed E-state index contributed by atoms with van der Waals surface area (Å²) < 4.78 is 6.01. The van der Waals surface area contributed by atoms with Crippen LogP contribution < -0.4 is 5.73 Å². The summed E-state index contributed by atoms with van der Waals surface area (Å²) in [5.41, 5.74) is 9.32. The van der Waals surface area contributed by atoms with Crippen molar-refractivity contribution in [3.8, 4) is 0 Å². The topological polar surface area (TPSA) is 60.0 Å². The van der Waals surface area contributed by atoms with E-state index in [1.54, 1.807) is 6.21 Å². The zero-order valence-corrected chi connectivity index (χ0v) is 16.4. The zero-order valence-electron chi connectivity index (χ0n) is 15.6. The minimum Gasteiger partial charge on any atom is -0.377 e. The van der Waals surface area contributed by atoms with Gasteiger partial charge in [-0.25, -0.2) is 0 Å². The minimum atomic E-state index is 0.436. The maximum Gasteiger partial charge on any atom is 0.180 e. The number of ether oxygens (including phenoxy) is 1. The summed E-state index contributed by atoms with van der Waals surface area (Å²) in [4.78, 5) is 0. The fraction of sp³-hybridized carbons (Fsp3) is 0.364. The summed E-state index contributed by atoms with van der Waals surface area (Å²) in [6.07, 6.45) is 8.51. The molecule has 3 rings (SSSR count). The summed E-state index contributed by atoms with van der Waals surface area (Å²) >= 11 is 1.48. The van der Waals surface area contributed by atoms with Gasteiger partial charge in [0, 0.05) is 5.75 Å². The molecular formula is C22H27N3OS. The first-order valence-electron chi connectivity index (χ1n) is 9.53. The van der Waals surface area contributed by atoms with Crippen molar-refractivity contribution in [3.05, 3.63) is 71.3 Å². The van der Waals surface area contributed by atoms with E-state index in [2.05, 4.69) is 34.5 Å². The first-order chi connectivity index (χ1) is 13.3. The highest BCUT2D eigenvalue weighted by Crippen LogP contribution is 2.21. The molecule has 0 unspecified atom stereocenters. The van der Waals surface area contributed by atoms with E-state index in [9.17, 15) is 0 Å². The molecule has 0 radical (unpaired) electrons. The zero-order chi connectivity index (χ0) is 18.7. The van der Waals surface area contributed by atoms with Crippen LogP contribution in [-0.2, 0) is 17.1 Å². The number of amidine groups is 1. The van der Waals surface area contributed by atoms with Gasteiger partial charge in [0.25, 0.3) is 0 Å². The first-order valence-corrected chi connectivity index (χ1v) is 10.5. The second-order valence-electron chi connectivity index (χ2n) is 6.77. The Labute approximate surface area is 165 Å². The van der Waals surface area contributed by atoms with Gasteiger partial charge in [-0.3, -0.25) is 0 Å². The number of rotatable bonds is 7. The summed E-state index contributed by atoms with van der Waals surface area (Å²) in [7, 11) is 0. The van der Waals surface area contributed by atoms with E-state index >= 15 is 0 Å². The number of hydrogen-bond acceptors (Lipinski definition) is 4. The van der Waals surface area contributed by atoms with Crippen molar-refractivity contribution in [2.45, 2.75) is 50.6 Å². The van der Waals surface area contributed by atoms with Crippen molar-refractivity contribution in [1.82, 2.24) is 0 Å². The van der Waals surface area contributed by atoms with E-state index in [4.69, 9.17) is 10.5 Å². The van der Waals surface area contributed by atoms with E-state index in [0.717, 1.165) is 11.3 Å². The maximum absolute atomic E-state index is 6.01. The fourth-order valence-corrected chi connectivity index (χ4v) is 3.67. The molecule has 0 aliphatic heterocycles. The SMILES string of the molecule is NC(=NN=Cc1ccc(COC2CCCCC2)cc1)SCc1ccccc1. The van der Waals surface area contributed by atoms with Crippen LogP contribution in [0.2, 0.25) is 0 Å². The molecule has 2 aromatic carbocycles. The average Bonchev–Trinajstić information content (AvgIpc) is 2.73. The van der Waals surface area contributed by atoms with Crippen LogP contribution in [-0.4, -0.2) is 17.5 Å². The molecule has 1 aliphatic carbocycles. The highest BCUT2D eigenvalue weighted by Gasteiger charge is 2.13. The van der Waals surface area contributed by atoms with Gasteiger partial charge in [-0.15, -0.1) is 5.10 Å². The lowest BCUT2D eigenvalue weighted by molar-refractivity contribution is 0.0169. The van der Waals surface area contributed by atoms with Gasteiger partial charge < -0.3 is 10.5 Å². The average molecular weight is 382 g/mol. The van der Waals surface area contributed by atoms with Crippen LogP contribution in [0.4, 0.5) is 0 Å². The van der Waals surface area contributed by atoms with E-state index in [1.165, 1.54) is 55.0 Å². The third-order valence-corrected chi connectivity index (χ3v) is 5.47. The lowest BCUT2D eigenvalue weighted by Gasteiger charge is -2.22. The van der Waals surface area contributed by atoms with Crippen molar-refractivity contribution < 1.29 is 4.74 Å². The van der Waals surface area contributed by atoms with Gasteiger partial charge in [0.2, 0.25) is 0 Å². The standard InChI is InChI=1S/C22H27N3OS/c23-22(27-17-20-7-3-1-4-8-20)25-24-15-18-11-13-19(14-12-18)16-26-21-9-5-2-6-10-21/h1,3-4,7-8,11-15,21H,2,5-6,9-10,16-17H2,(H2,23,25). The highest BCUT2D eigenvalue weighted by atomic mass is 32.2. The smallest absolute Gasteiger partial charge is 0.180 e. The molecule has 0 spiro atoms. The summed E-state index contributed by atoms with van der Waals surface area (Å²) in [5.74, 6) is 0.793. The molecule has 1 saturated carbocycles. The minimum absolute atomic E-state index is 0.436. The monoisotopic (exact) mass is 381 g/mol. The van der Waals surface area contributed by atoms with Crippen molar-refractivity contribution in [2.24, 2.45) is 15.9 Å². The normalized spacial score (nSPS) is 16.1. The van der Waals surface area contributed by atoms with Crippen LogP contribution in [0.25, 0.3) is 0 Å². The summed E-state index contributed by atoms with van der Waals surface area (Å²) in [5, 5.41) is 8.61. The first kappa shape index (κ1) is 19.6. The van der Waals surface area contributed by atoms with E-state index in [1.807, 2.05) is 30.3 Å². The number of benzene rings is 2. The third-order valence-electron chi connectivity index (χ3n) is 4.61. The Kier molecular flexibility index (Phi) is 7.93. The van der Waals surface area contributed by atoms with Crippen LogP contribution >= 0.6 is 11.8 Å². The Hall–Kier alpha value is -2.11. The molecule has 5 heteroatoms. The predicted molar refractivity (Wildman–Crippen MR) is 115 cm³/mol. The largest absolute Gasteiger partial charge is 0.377 e. The number of nitrogens with two attached hydrogens (primary N) is 1. The Bertz CT molecular complexity index is 738. The molecule has 0 saturated heterocycles. The lowest BCUT2D eigenvalue weighted by atomic mass is 9.98. The van der Waals surface area contributed by atoms with Crippen LogP contribution in [0, 0.1) is 0 Å². The molecule has 0 heterocycles. The molecule has 0 atom stereocenters. The predicted octanol–water partition coefficient (Wildman–Crippen LogP) is 5.12. The number of nitrogens with zero attached hydrogens (tertiary/aromatic N) is 2. The van der Waals surface area contributed by atoms with Crippen molar-refractivity contribution in [1.29, 1.82) is 0 Å². The van der Waals surface area contributed by atoms with Crippen LogP contribution in [0.3, 0.4) is 0 Å². The van der Waals surface area contributed by atoms with Gasteiger partial charge in [0.05, 0.1) is 18.9 Å². The van der Waals surface area contributed by atoms with E-state index < -0.39 is 0 Å². The van der Waals surface area contributed by atoms with Crippen LogP contribution in [0.15, 0.2) is 64.8 Å². The maximum atomic E-state index is 6.01. The Morgan fingerprint density at radius 3 is 2.48 bits per heavy atom.